The van der Waals surface area contributed by atoms with Gasteiger partial charge in [0.05, 0.1) is 0 Å². The van der Waals surface area contributed by atoms with E-state index >= 15 is 0 Å². The van der Waals surface area contributed by atoms with Gasteiger partial charge in [-0.2, -0.15) is 0 Å². The molecule has 0 aliphatic rings. The molecule has 0 radical (unpaired) electrons. The van der Waals surface area contributed by atoms with Gasteiger partial charge in [-0.3, -0.25) is 11.7 Å². The van der Waals surface area contributed by atoms with Crippen molar-refractivity contribution in [1.29, 1.82) is 0 Å². The van der Waals surface area contributed by atoms with E-state index in [1.807, 2.05) is 0 Å². The van der Waals surface area contributed by atoms with Crippen LogP contribution in [0.5, 0.6) is 0 Å². The maximum atomic E-state index is 8.89. The molecular formula is C2H6MgNaO2Zn-. The van der Waals surface area contributed by atoms with Crippen LogP contribution in [0.25, 0.3) is 0 Å². The maximum absolute atomic E-state index is 8.89. The summed E-state index contributed by atoms with van der Waals surface area (Å²) < 4.78 is 0. The Morgan fingerprint density at radius 2 is 1.71 bits per heavy atom. The molecule has 0 saturated heterocycles. The Bertz CT molecular complexity index is 47.5. The van der Waals surface area contributed by atoms with Crippen molar-refractivity contribution >= 4 is 29.0 Å². The number of rotatable bonds is 0. The zero-order valence-corrected chi connectivity index (χ0v) is 10.9. The van der Waals surface area contributed by atoms with Crippen LogP contribution in [0.3, 0.4) is 0 Å². The molecular weight excluding hydrogens is 169 g/mol. The van der Waals surface area contributed by atoms with Crippen molar-refractivity contribution in [2.75, 3.05) is 0 Å². The summed E-state index contributed by atoms with van der Waals surface area (Å²) in [6.07, 6.45) is 0. The van der Waals surface area contributed by atoms with E-state index in [4.69, 9.17) is 9.90 Å². The van der Waals surface area contributed by atoms with Gasteiger partial charge in [0.1, 0.15) is 0 Å². The summed E-state index contributed by atoms with van der Waals surface area (Å²) in [5, 5.41) is 7.31. The Morgan fingerprint density at radius 1 is 1.71 bits per heavy atom. The van der Waals surface area contributed by atoms with Crippen molar-refractivity contribution in [2.24, 2.45) is 0 Å². The topological polar surface area (TPSA) is 37.3 Å². The number of hydrogen-bond acceptors (Lipinski definition) is 1. The molecule has 0 saturated carbocycles. The number of hydrogen-bond donors (Lipinski definition) is 1. The third-order valence-electron chi connectivity index (χ3n) is 0. The van der Waals surface area contributed by atoms with Gasteiger partial charge in [0.25, 0.3) is 0 Å². The standard InChI is InChI=1S/C2H3O2.Mg.Na.Zn.3H/c1-2(3)4;;;;;;/h1H2,(H,3,4);;;;;;/q-1;+2;+1;;3*-1. The zero-order chi connectivity index (χ0) is 3.58. The fourth-order valence-electron chi connectivity index (χ4n) is 0. The van der Waals surface area contributed by atoms with Crippen molar-refractivity contribution in [3.05, 3.63) is 6.92 Å². The number of aliphatic carboxylic acids is 1. The molecule has 0 bridgehead atoms. The minimum Gasteiger partial charge on any atom is -1.00 e. The largest absolute Gasteiger partial charge is 2.00 e. The van der Waals surface area contributed by atoms with E-state index < -0.39 is 5.97 Å². The summed E-state index contributed by atoms with van der Waals surface area (Å²) >= 11 is 0. The molecule has 0 aromatic rings. The first-order valence-electron chi connectivity index (χ1n) is 0.781. The SMILES string of the molecule is [CH2-]C(=O)O.[H-].[H-].[H-].[Mg+2].[Na+].[Zn]. The maximum Gasteiger partial charge on any atom is 2.00 e. The Morgan fingerprint density at radius 3 is 1.71 bits per heavy atom. The molecule has 5 heteroatoms. The van der Waals surface area contributed by atoms with Crippen LogP contribution >= 0.6 is 0 Å². The van der Waals surface area contributed by atoms with E-state index in [9.17, 15) is 0 Å². The quantitative estimate of drug-likeness (QED) is 0.312. The molecule has 0 heterocycles. The number of carboxylic acids is 1. The van der Waals surface area contributed by atoms with Gasteiger partial charge in [0, 0.05) is 19.5 Å². The fraction of sp³-hybridized carbons (Fsp3) is 0. The number of carboxylic acid groups (broad SMARTS) is 1. The van der Waals surface area contributed by atoms with Crippen molar-refractivity contribution in [3.63, 3.8) is 0 Å². The summed E-state index contributed by atoms with van der Waals surface area (Å²) in [5.41, 5.74) is 0. The second-order valence-corrected chi connectivity index (χ2v) is 0.394. The Labute approximate surface area is 98.1 Å². The number of carbonyl (C=O) groups is 1. The molecule has 2 nitrogen and oxygen atoms in total. The molecule has 0 atom stereocenters. The molecule has 7 heavy (non-hydrogen) atoms. The van der Waals surface area contributed by atoms with Crippen LogP contribution in [-0.4, -0.2) is 34.1 Å². The van der Waals surface area contributed by atoms with E-state index in [0.717, 1.165) is 0 Å². The van der Waals surface area contributed by atoms with Crippen molar-refractivity contribution in [2.45, 2.75) is 0 Å². The van der Waals surface area contributed by atoms with E-state index in [1.54, 1.807) is 0 Å². The van der Waals surface area contributed by atoms with E-state index in [1.165, 1.54) is 0 Å². The average molecular weight is 175 g/mol. The van der Waals surface area contributed by atoms with Crippen LogP contribution in [0.2, 0.25) is 0 Å². The summed E-state index contributed by atoms with van der Waals surface area (Å²) in [6, 6.07) is 0. The third kappa shape index (κ3) is 84.8. The minimum absolute atomic E-state index is 0. The van der Waals surface area contributed by atoms with E-state index in [2.05, 4.69) is 6.92 Å². The van der Waals surface area contributed by atoms with Crippen LogP contribution in [0.1, 0.15) is 4.28 Å². The van der Waals surface area contributed by atoms with Crippen LogP contribution in [0.15, 0.2) is 0 Å². The molecule has 1 N–H and O–H groups in total. The van der Waals surface area contributed by atoms with Crippen molar-refractivity contribution in [3.8, 4) is 0 Å². The first-order valence-corrected chi connectivity index (χ1v) is 0.781. The summed E-state index contributed by atoms with van der Waals surface area (Å²) in [7, 11) is 0. The first-order chi connectivity index (χ1) is 1.73. The Balaban J connectivity index is -0.00000000300. The molecule has 0 aliphatic carbocycles. The van der Waals surface area contributed by atoms with Gasteiger partial charge in [-0.1, -0.05) is 0 Å². The molecule has 0 aliphatic heterocycles. The van der Waals surface area contributed by atoms with Crippen LogP contribution < -0.4 is 29.6 Å². The van der Waals surface area contributed by atoms with E-state index in [0.29, 0.717) is 0 Å². The molecule has 0 spiro atoms. The van der Waals surface area contributed by atoms with Crippen LogP contribution in [-0.2, 0) is 24.3 Å². The average Bonchev–Trinajstić information content (AvgIpc) is 0.811. The second kappa shape index (κ2) is 15.6. The monoisotopic (exact) mass is 173 g/mol. The molecule has 0 unspecified atom stereocenters. The first kappa shape index (κ1) is 23.3. The van der Waals surface area contributed by atoms with Gasteiger partial charge >= 0.3 is 52.6 Å². The van der Waals surface area contributed by atoms with Crippen molar-refractivity contribution in [1.82, 2.24) is 0 Å². The second-order valence-electron chi connectivity index (χ2n) is 0.394. The van der Waals surface area contributed by atoms with Crippen LogP contribution in [0.4, 0.5) is 0 Å². The van der Waals surface area contributed by atoms with E-state index in [-0.39, 0.29) is 76.4 Å². The van der Waals surface area contributed by atoms with Gasteiger partial charge in [-0.25, -0.2) is 0 Å². The molecule has 32 valence electrons. The van der Waals surface area contributed by atoms with Gasteiger partial charge in [0.15, 0.2) is 5.97 Å². The Hall–Kier alpha value is 1.73. The predicted molar refractivity (Wildman–Crippen MR) is 22.1 cm³/mol. The van der Waals surface area contributed by atoms with Gasteiger partial charge < -0.3 is 9.39 Å². The summed E-state index contributed by atoms with van der Waals surface area (Å²) in [5.74, 6) is -1.08. The molecule has 0 aromatic carbocycles. The van der Waals surface area contributed by atoms with Gasteiger partial charge in [-0.15, -0.1) is 0 Å². The summed E-state index contributed by atoms with van der Waals surface area (Å²) in [4.78, 5) is 8.89. The van der Waals surface area contributed by atoms with Gasteiger partial charge in [-0.05, 0) is 0 Å². The van der Waals surface area contributed by atoms with Crippen LogP contribution in [0, 0.1) is 6.92 Å². The normalized spacial score (nSPS) is 3.43. The van der Waals surface area contributed by atoms with Crippen molar-refractivity contribution < 1.29 is 63.2 Å². The van der Waals surface area contributed by atoms with Gasteiger partial charge in [0.2, 0.25) is 0 Å². The Kier molecular flexibility index (Phi) is 52.1. The smallest absolute Gasteiger partial charge is 1.00 e. The molecule has 0 aromatic heterocycles. The zero-order valence-electron chi connectivity index (χ0n) is 7.48. The minimum atomic E-state index is -1.08. The predicted octanol–water partition coefficient (Wildman–Crippen LogP) is -3.14. The molecule has 0 amide bonds. The third-order valence-corrected chi connectivity index (χ3v) is 0. The molecule has 0 rings (SSSR count). The fourth-order valence-corrected chi connectivity index (χ4v) is 0. The molecule has 0 fully saturated rings. The summed E-state index contributed by atoms with van der Waals surface area (Å²) in [6.45, 7) is 2.56.